The van der Waals surface area contributed by atoms with Gasteiger partial charge in [0.15, 0.2) is 0 Å². The third kappa shape index (κ3) is 10.0. The van der Waals surface area contributed by atoms with Gasteiger partial charge in [-0.2, -0.15) is 132 Å². The van der Waals surface area contributed by atoms with E-state index in [2.05, 4.69) is 50.0 Å². The zero-order valence-electron chi connectivity index (χ0n) is 38.9. The third-order valence-electron chi connectivity index (χ3n) is 11.2. The zero-order valence-corrected chi connectivity index (χ0v) is 38.9. The van der Waals surface area contributed by atoms with Crippen LogP contribution in [0.4, 0.5) is 158 Å². The van der Waals surface area contributed by atoms with Crippen molar-refractivity contribution in [2.75, 3.05) is 59.5 Å². The highest BCUT2D eigenvalue weighted by molar-refractivity contribution is 5.52. The number of ether oxygens (including phenoxy) is 8. The van der Waals surface area contributed by atoms with Gasteiger partial charge in [0.25, 0.3) is 0 Å². The van der Waals surface area contributed by atoms with Crippen molar-refractivity contribution in [2.45, 2.75) is 124 Å². The lowest BCUT2D eigenvalue weighted by molar-refractivity contribution is -0.599. The fourth-order valence-electron chi connectivity index (χ4n) is 7.23. The Kier molecular flexibility index (Phi) is 19.7. The molecule has 82 heavy (non-hydrogen) atoms. The molecule has 0 aromatic rings. The summed E-state index contributed by atoms with van der Waals surface area (Å²) >= 11 is 0. The van der Waals surface area contributed by atoms with E-state index in [9.17, 15) is 70.2 Å². The van der Waals surface area contributed by atoms with Crippen molar-refractivity contribution in [1.82, 2.24) is 0 Å². The van der Waals surface area contributed by atoms with Crippen molar-refractivity contribution in [3.8, 4) is 0 Å². The van der Waals surface area contributed by atoms with E-state index < -0.39 is 184 Å². The van der Waals surface area contributed by atoms with Gasteiger partial charge in [0, 0.05) is 0 Å². The molecule has 0 heterocycles. The first-order chi connectivity index (χ1) is 36.1. The standard InChI is InChI=1S/C38H30F36O8/c1-5-9-75-14-19(40,41)32(61,62)79-13-18(39)23(48)24(49,26(51,29(55,56)28(18,53)54)37(71,72)81-34(65,66)21(44,45)16-77-11-7-3)27(52,38(73,74)82-35(67,68)22(46,47)17-78-12-8-4)31(59,60)30(57,58)25(23,50)36(69,70)80-33(63,64)20(42,43)15-76-10-6-2/h5-8H,1-4,9-17H2. The summed E-state index contributed by atoms with van der Waals surface area (Å²) in [5, 5.41) is 0. The molecule has 0 aromatic carbocycles. The van der Waals surface area contributed by atoms with E-state index in [1.807, 2.05) is 0 Å². The highest BCUT2D eigenvalue weighted by atomic mass is 19.4. The summed E-state index contributed by atoms with van der Waals surface area (Å²) in [6.45, 7) is -16.5. The number of hydrogen-bond donors (Lipinski definition) is 0. The van der Waals surface area contributed by atoms with E-state index in [0.29, 0.717) is 0 Å². The largest absolute Gasteiger partial charge is 0.426 e. The molecule has 0 bridgehead atoms. The maximum absolute atomic E-state index is 18.4. The Bertz CT molecular complexity index is 2240. The molecule has 0 aromatic heterocycles. The normalized spacial score (nSPS) is 29.5. The summed E-state index contributed by atoms with van der Waals surface area (Å²) in [6.07, 6.45) is -63.1. The van der Waals surface area contributed by atoms with Gasteiger partial charge in [-0.05, 0) is 0 Å². The van der Waals surface area contributed by atoms with Crippen LogP contribution in [-0.4, -0.2) is 184 Å². The van der Waals surface area contributed by atoms with Gasteiger partial charge in [-0.1, -0.05) is 24.3 Å². The molecule has 0 saturated heterocycles. The highest BCUT2D eigenvalue weighted by Crippen LogP contribution is 2.85. The fourth-order valence-corrected chi connectivity index (χ4v) is 7.23. The Labute approximate surface area is 430 Å². The second kappa shape index (κ2) is 21.8. The third-order valence-corrected chi connectivity index (χ3v) is 11.2. The van der Waals surface area contributed by atoms with Crippen molar-refractivity contribution in [2.24, 2.45) is 0 Å². The van der Waals surface area contributed by atoms with Crippen molar-refractivity contribution in [1.29, 1.82) is 0 Å². The predicted molar refractivity (Wildman–Crippen MR) is 191 cm³/mol. The van der Waals surface area contributed by atoms with Crippen LogP contribution in [0.5, 0.6) is 0 Å². The first kappa shape index (κ1) is 74.2. The summed E-state index contributed by atoms with van der Waals surface area (Å²) in [4.78, 5) is 0. The Morgan fingerprint density at radius 3 is 0.732 bits per heavy atom. The smallest absolute Gasteiger partial charge is 0.371 e. The van der Waals surface area contributed by atoms with E-state index in [-0.39, 0.29) is 24.3 Å². The average Bonchev–Trinajstić information content (AvgIpc) is 3.29. The molecular formula is C38H30F36O8. The summed E-state index contributed by atoms with van der Waals surface area (Å²) in [7, 11) is 0. The van der Waals surface area contributed by atoms with Crippen LogP contribution in [0, 0.1) is 0 Å². The lowest BCUT2D eigenvalue weighted by Crippen LogP contribution is -3.06. The van der Waals surface area contributed by atoms with Gasteiger partial charge in [-0.3, -0.25) is 0 Å². The minimum absolute atomic E-state index is 0.117. The molecule has 2 aliphatic carbocycles. The number of rotatable bonds is 32. The minimum Gasteiger partial charge on any atom is -0.371 e. The number of fused-ring (bicyclic) bond motifs is 1. The maximum Gasteiger partial charge on any atom is 0.426 e. The highest BCUT2D eigenvalue weighted by Gasteiger charge is 3.19. The van der Waals surface area contributed by atoms with Crippen LogP contribution in [0.15, 0.2) is 50.6 Å². The van der Waals surface area contributed by atoms with Crippen LogP contribution in [0.2, 0.25) is 0 Å². The summed E-state index contributed by atoms with van der Waals surface area (Å²) in [5.74, 6) is -70.8. The molecule has 0 N–H and O–H groups in total. The molecule has 0 aliphatic heterocycles. The van der Waals surface area contributed by atoms with Crippen LogP contribution < -0.4 is 0 Å². The number of halogens is 36. The van der Waals surface area contributed by atoms with E-state index >= 15 is 87.8 Å². The molecule has 2 aliphatic rings. The van der Waals surface area contributed by atoms with Gasteiger partial charge in [0.1, 0.15) is 26.4 Å². The van der Waals surface area contributed by atoms with Gasteiger partial charge < -0.3 is 23.7 Å². The van der Waals surface area contributed by atoms with Crippen LogP contribution in [0.1, 0.15) is 0 Å². The molecule has 2 saturated carbocycles. The Morgan fingerprint density at radius 1 is 0.293 bits per heavy atom. The average molecular weight is 1300 g/mol. The fraction of sp³-hybridized carbons (Fsp3) is 0.789. The topological polar surface area (TPSA) is 73.8 Å². The maximum atomic E-state index is 18.4. The molecule has 0 spiro atoms. The van der Waals surface area contributed by atoms with Crippen LogP contribution in [0.25, 0.3) is 0 Å². The summed E-state index contributed by atoms with van der Waals surface area (Å²) < 4.78 is 592. The van der Waals surface area contributed by atoms with Crippen molar-refractivity contribution in [3.63, 3.8) is 0 Å². The van der Waals surface area contributed by atoms with E-state index in [1.54, 1.807) is 0 Å². The second-order valence-electron chi connectivity index (χ2n) is 16.6. The van der Waals surface area contributed by atoms with Gasteiger partial charge >= 0.3 is 107 Å². The van der Waals surface area contributed by atoms with Gasteiger partial charge in [0.2, 0.25) is 17.0 Å². The molecule has 6 unspecified atom stereocenters. The molecule has 44 heteroatoms. The van der Waals surface area contributed by atoms with Gasteiger partial charge in [-0.25, -0.2) is 40.6 Å². The SMILES string of the molecule is C=CCOCC(F)(F)C(F)(F)OCC1(F)C(F)(F)C(F)(F)C(F)(C(F)(F)OC(F)(F)C(F)(F)COCC=C)C2(F)C(F)(C(F)(F)OC(F)(F)C(F)(F)COCC=C)C(F)(F)C(F)(F)C(F)(C(F)(F)OC(F)(F)C(F)(F)COCC=C)C12F. The quantitative estimate of drug-likeness (QED) is 0.0375. The monoisotopic (exact) mass is 1300 g/mol. The van der Waals surface area contributed by atoms with Gasteiger partial charge in [0.05, 0.1) is 33.0 Å². The number of hydrogen-bond acceptors (Lipinski definition) is 8. The molecular weight excluding hydrogens is 1270 g/mol. The second-order valence-corrected chi connectivity index (χ2v) is 16.6. The Hall–Kier alpha value is -3.88. The Morgan fingerprint density at radius 2 is 0.500 bits per heavy atom. The first-order valence-corrected chi connectivity index (χ1v) is 20.4. The van der Waals surface area contributed by atoms with E-state index in [0.717, 1.165) is 0 Å². The van der Waals surface area contributed by atoms with Crippen LogP contribution in [-0.2, 0) is 37.9 Å². The predicted octanol–water partition coefficient (Wildman–Crippen LogP) is 13.4. The lowest BCUT2D eigenvalue weighted by atomic mass is 9.41. The van der Waals surface area contributed by atoms with Crippen molar-refractivity contribution >= 4 is 0 Å². The molecule has 6 atom stereocenters. The number of alkyl halides is 36. The minimum atomic E-state index is -11.5. The van der Waals surface area contributed by atoms with Crippen LogP contribution >= 0.6 is 0 Å². The summed E-state index contributed by atoms with van der Waals surface area (Å²) in [5.41, 5.74) is -65.9. The van der Waals surface area contributed by atoms with E-state index in [1.165, 1.54) is 14.2 Å². The lowest BCUT2D eigenvalue weighted by Gasteiger charge is -2.71. The van der Waals surface area contributed by atoms with Crippen molar-refractivity contribution < 1.29 is 196 Å². The molecule has 0 amide bonds. The molecule has 8 nitrogen and oxygen atoms in total. The molecule has 482 valence electrons. The van der Waals surface area contributed by atoms with E-state index in [4.69, 9.17) is 0 Å². The Balaban J connectivity index is 3.88. The summed E-state index contributed by atoms with van der Waals surface area (Å²) in [6, 6.07) is 0. The molecule has 0 radical (unpaired) electrons. The molecule has 2 rings (SSSR count). The first-order valence-electron chi connectivity index (χ1n) is 20.4. The van der Waals surface area contributed by atoms with Crippen molar-refractivity contribution in [3.05, 3.63) is 50.6 Å². The molecule has 2 fully saturated rings. The zero-order chi connectivity index (χ0) is 65.3. The van der Waals surface area contributed by atoms with Crippen LogP contribution in [0.3, 0.4) is 0 Å². The van der Waals surface area contributed by atoms with Gasteiger partial charge in [-0.15, -0.1) is 26.3 Å².